The predicted molar refractivity (Wildman–Crippen MR) is 103 cm³/mol. The van der Waals surface area contributed by atoms with Gasteiger partial charge in [-0.1, -0.05) is 12.1 Å². The van der Waals surface area contributed by atoms with E-state index in [4.69, 9.17) is 0 Å². The van der Waals surface area contributed by atoms with E-state index in [1.54, 1.807) is 41.4 Å². The third-order valence-corrected chi connectivity index (χ3v) is 4.64. The molecule has 0 radical (unpaired) electrons. The van der Waals surface area contributed by atoms with Crippen LogP contribution in [0.4, 0.5) is 5.69 Å². The van der Waals surface area contributed by atoms with Gasteiger partial charge in [-0.2, -0.15) is 10.2 Å². The van der Waals surface area contributed by atoms with Gasteiger partial charge in [-0.3, -0.25) is 24.3 Å². The van der Waals surface area contributed by atoms with E-state index in [1.165, 1.54) is 0 Å². The SMILES string of the molecule is Cc1nn(Cc2cccc(C(=O)NCc3cc(C)n(C)n3)c2)c(C)c1[N+](=O)[O-]. The first kappa shape index (κ1) is 19.3. The Balaban J connectivity index is 1.72. The molecule has 0 aliphatic carbocycles. The molecule has 3 aromatic rings. The lowest BCUT2D eigenvalue weighted by Crippen LogP contribution is -2.23. The van der Waals surface area contributed by atoms with Gasteiger partial charge in [0.25, 0.3) is 5.91 Å². The molecule has 1 N–H and O–H groups in total. The summed E-state index contributed by atoms with van der Waals surface area (Å²) in [7, 11) is 1.85. The average molecular weight is 382 g/mol. The number of rotatable bonds is 6. The highest BCUT2D eigenvalue weighted by atomic mass is 16.6. The van der Waals surface area contributed by atoms with Gasteiger partial charge in [0, 0.05) is 18.3 Å². The van der Waals surface area contributed by atoms with E-state index in [1.807, 2.05) is 26.1 Å². The second-order valence-electron chi connectivity index (χ2n) is 6.72. The first-order chi connectivity index (χ1) is 13.3. The molecule has 0 aliphatic rings. The van der Waals surface area contributed by atoms with E-state index in [9.17, 15) is 14.9 Å². The number of benzene rings is 1. The van der Waals surface area contributed by atoms with E-state index in [0.717, 1.165) is 17.0 Å². The fourth-order valence-corrected chi connectivity index (χ4v) is 3.08. The van der Waals surface area contributed by atoms with Crippen LogP contribution in [-0.2, 0) is 20.1 Å². The van der Waals surface area contributed by atoms with Crippen LogP contribution < -0.4 is 5.32 Å². The van der Waals surface area contributed by atoms with Crippen LogP contribution in [0.25, 0.3) is 0 Å². The first-order valence-electron chi connectivity index (χ1n) is 8.81. The first-order valence-corrected chi connectivity index (χ1v) is 8.81. The van der Waals surface area contributed by atoms with Crippen LogP contribution in [-0.4, -0.2) is 30.4 Å². The van der Waals surface area contributed by atoms with Crippen LogP contribution in [0.3, 0.4) is 0 Å². The number of carbonyl (C=O) groups excluding carboxylic acids is 1. The molecule has 146 valence electrons. The molecule has 0 atom stereocenters. The summed E-state index contributed by atoms with van der Waals surface area (Å²) < 4.78 is 3.34. The number of amides is 1. The van der Waals surface area contributed by atoms with Crippen LogP contribution in [0.5, 0.6) is 0 Å². The van der Waals surface area contributed by atoms with Gasteiger partial charge in [0.2, 0.25) is 0 Å². The maximum Gasteiger partial charge on any atom is 0.312 e. The van der Waals surface area contributed by atoms with Gasteiger partial charge < -0.3 is 5.32 Å². The largest absolute Gasteiger partial charge is 0.346 e. The fourth-order valence-electron chi connectivity index (χ4n) is 3.08. The standard InChI is InChI=1S/C19H22N6O3/c1-12-8-17(22-23(12)4)10-20-19(26)16-7-5-6-15(9-16)11-24-14(3)18(25(27)28)13(2)21-24/h5-9H,10-11H2,1-4H3,(H,20,26). The van der Waals surface area contributed by atoms with E-state index in [2.05, 4.69) is 15.5 Å². The molecule has 0 unspecified atom stereocenters. The number of nitrogens with zero attached hydrogens (tertiary/aromatic N) is 5. The highest BCUT2D eigenvalue weighted by Gasteiger charge is 2.21. The molecule has 9 heteroatoms. The number of carbonyl (C=O) groups is 1. The van der Waals surface area contributed by atoms with Crippen molar-refractivity contribution in [2.75, 3.05) is 0 Å². The number of hydrogen-bond donors (Lipinski definition) is 1. The lowest BCUT2D eigenvalue weighted by atomic mass is 10.1. The molecule has 0 spiro atoms. The molecule has 0 saturated carbocycles. The summed E-state index contributed by atoms with van der Waals surface area (Å²) in [5, 5.41) is 22.6. The topological polar surface area (TPSA) is 108 Å². The smallest absolute Gasteiger partial charge is 0.312 e. The summed E-state index contributed by atoms with van der Waals surface area (Å²) in [6.07, 6.45) is 0. The summed E-state index contributed by atoms with van der Waals surface area (Å²) in [5.74, 6) is -0.204. The quantitative estimate of drug-likeness (QED) is 0.520. The summed E-state index contributed by atoms with van der Waals surface area (Å²) in [6, 6.07) is 9.07. The zero-order valence-electron chi connectivity index (χ0n) is 16.3. The van der Waals surface area contributed by atoms with Crippen molar-refractivity contribution in [1.82, 2.24) is 24.9 Å². The highest BCUT2D eigenvalue weighted by Crippen LogP contribution is 2.22. The number of aromatic nitrogens is 4. The van der Waals surface area contributed by atoms with Crippen LogP contribution in [0.2, 0.25) is 0 Å². The number of aryl methyl sites for hydroxylation is 3. The van der Waals surface area contributed by atoms with Gasteiger partial charge in [0.1, 0.15) is 11.4 Å². The predicted octanol–water partition coefficient (Wildman–Crippen LogP) is 2.43. The zero-order valence-corrected chi connectivity index (χ0v) is 16.3. The van der Waals surface area contributed by atoms with E-state index in [0.29, 0.717) is 30.0 Å². The third-order valence-electron chi connectivity index (χ3n) is 4.64. The Morgan fingerprint density at radius 1 is 1.21 bits per heavy atom. The number of nitro groups is 1. The van der Waals surface area contributed by atoms with Crippen molar-refractivity contribution in [3.8, 4) is 0 Å². The van der Waals surface area contributed by atoms with Crippen LogP contribution in [0, 0.1) is 30.9 Å². The van der Waals surface area contributed by atoms with Crippen molar-refractivity contribution in [1.29, 1.82) is 0 Å². The molecule has 9 nitrogen and oxygen atoms in total. The molecule has 0 bridgehead atoms. The molecule has 3 rings (SSSR count). The van der Waals surface area contributed by atoms with Gasteiger partial charge in [-0.15, -0.1) is 0 Å². The molecule has 0 saturated heterocycles. The lowest BCUT2D eigenvalue weighted by molar-refractivity contribution is -0.386. The van der Waals surface area contributed by atoms with Crippen molar-refractivity contribution in [2.45, 2.75) is 33.9 Å². The van der Waals surface area contributed by atoms with E-state index in [-0.39, 0.29) is 11.6 Å². The Morgan fingerprint density at radius 3 is 2.57 bits per heavy atom. The van der Waals surface area contributed by atoms with Gasteiger partial charge in [0.15, 0.2) is 0 Å². The van der Waals surface area contributed by atoms with Crippen molar-refractivity contribution < 1.29 is 9.72 Å². The van der Waals surface area contributed by atoms with Crippen molar-refractivity contribution in [3.05, 3.63) is 74.3 Å². The number of nitrogens with one attached hydrogen (secondary N) is 1. The maximum atomic E-state index is 12.5. The van der Waals surface area contributed by atoms with Crippen LogP contribution >= 0.6 is 0 Å². The minimum absolute atomic E-state index is 0.0274. The normalized spacial score (nSPS) is 10.9. The molecule has 0 aliphatic heterocycles. The molecular formula is C19H22N6O3. The second kappa shape index (κ2) is 7.63. The summed E-state index contributed by atoms with van der Waals surface area (Å²) in [6.45, 7) is 5.93. The maximum absolute atomic E-state index is 12.5. The molecular weight excluding hydrogens is 360 g/mol. The van der Waals surface area contributed by atoms with Gasteiger partial charge in [-0.05, 0) is 44.5 Å². The third kappa shape index (κ3) is 3.93. The van der Waals surface area contributed by atoms with Crippen LogP contribution in [0.15, 0.2) is 30.3 Å². The van der Waals surface area contributed by atoms with Gasteiger partial charge in [-0.25, -0.2) is 0 Å². The molecule has 28 heavy (non-hydrogen) atoms. The molecule has 2 aromatic heterocycles. The van der Waals surface area contributed by atoms with Crippen molar-refractivity contribution in [3.63, 3.8) is 0 Å². The van der Waals surface area contributed by atoms with Crippen molar-refractivity contribution in [2.24, 2.45) is 7.05 Å². The average Bonchev–Trinajstić information content (AvgIpc) is 3.11. The van der Waals surface area contributed by atoms with E-state index < -0.39 is 4.92 Å². The Labute approximate surface area is 162 Å². The molecule has 1 amide bonds. The van der Waals surface area contributed by atoms with E-state index >= 15 is 0 Å². The molecule has 2 heterocycles. The van der Waals surface area contributed by atoms with Gasteiger partial charge >= 0.3 is 5.69 Å². The Hall–Kier alpha value is -3.49. The highest BCUT2D eigenvalue weighted by molar-refractivity contribution is 5.94. The lowest BCUT2D eigenvalue weighted by Gasteiger charge is -2.07. The Kier molecular flexibility index (Phi) is 5.25. The Morgan fingerprint density at radius 2 is 1.96 bits per heavy atom. The van der Waals surface area contributed by atoms with Crippen molar-refractivity contribution >= 4 is 11.6 Å². The monoisotopic (exact) mass is 382 g/mol. The summed E-state index contributed by atoms with van der Waals surface area (Å²) >= 11 is 0. The number of hydrogen-bond acceptors (Lipinski definition) is 5. The summed E-state index contributed by atoms with van der Waals surface area (Å²) in [4.78, 5) is 23.2. The fraction of sp³-hybridized carbons (Fsp3) is 0.316. The Bertz CT molecular complexity index is 1030. The minimum atomic E-state index is -0.419. The van der Waals surface area contributed by atoms with Crippen LogP contribution in [0.1, 0.15) is 38.7 Å². The molecule has 1 aromatic carbocycles. The summed E-state index contributed by atoms with van der Waals surface area (Å²) in [5.41, 5.74) is 4.05. The van der Waals surface area contributed by atoms with Gasteiger partial charge in [0.05, 0.1) is 23.7 Å². The molecule has 0 fully saturated rings. The zero-order chi connectivity index (χ0) is 20.4. The second-order valence-corrected chi connectivity index (χ2v) is 6.72. The minimum Gasteiger partial charge on any atom is -0.346 e.